The first kappa shape index (κ1) is 24.7. The maximum Gasteiger partial charge on any atom is 0.416 e. The molecular formula is C23H18F6N2O4. The van der Waals surface area contributed by atoms with Gasteiger partial charge in [0.2, 0.25) is 0 Å². The number of esters is 2. The highest BCUT2D eigenvalue weighted by Crippen LogP contribution is 2.65. The Labute approximate surface area is 194 Å². The van der Waals surface area contributed by atoms with E-state index in [-0.39, 0.29) is 17.5 Å². The molecule has 6 nitrogen and oxygen atoms in total. The van der Waals surface area contributed by atoms with Crippen LogP contribution >= 0.6 is 0 Å². The molecule has 35 heavy (non-hydrogen) atoms. The first-order valence-corrected chi connectivity index (χ1v) is 10.3. The van der Waals surface area contributed by atoms with Crippen molar-refractivity contribution in [1.82, 2.24) is 0 Å². The Morgan fingerprint density at radius 3 is 1.43 bits per heavy atom. The number of halogens is 6. The van der Waals surface area contributed by atoms with Crippen LogP contribution in [0.2, 0.25) is 0 Å². The maximum absolute atomic E-state index is 13.1. The molecule has 1 heterocycles. The van der Waals surface area contributed by atoms with Gasteiger partial charge in [0.05, 0.1) is 25.3 Å². The maximum atomic E-state index is 13.1. The van der Waals surface area contributed by atoms with Crippen LogP contribution in [0.1, 0.15) is 28.7 Å². The zero-order chi connectivity index (χ0) is 25.8. The van der Waals surface area contributed by atoms with Gasteiger partial charge in [0.25, 0.3) is 0 Å². The lowest BCUT2D eigenvalue weighted by atomic mass is 9.78. The largest absolute Gasteiger partial charge is 0.469 e. The summed E-state index contributed by atoms with van der Waals surface area (Å²) in [4.78, 5) is 24.8. The zero-order valence-corrected chi connectivity index (χ0v) is 18.3. The van der Waals surface area contributed by atoms with Crippen LogP contribution < -0.4 is 0 Å². The number of ether oxygens (including phenoxy) is 2. The summed E-state index contributed by atoms with van der Waals surface area (Å²) in [5.74, 6) is -3.63. The molecule has 0 unspecified atom stereocenters. The summed E-state index contributed by atoms with van der Waals surface area (Å²) in [6.45, 7) is 0. The number of carbonyl (C=O) groups excluding carboxylic acids is 2. The van der Waals surface area contributed by atoms with Crippen molar-refractivity contribution in [3.8, 4) is 0 Å². The molecule has 2 aromatic rings. The van der Waals surface area contributed by atoms with E-state index in [4.69, 9.17) is 9.47 Å². The van der Waals surface area contributed by atoms with Gasteiger partial charge < -0.3 is 9.47 Å². The molecule has 4 rings (SSSR count). The molecule has 0 N–H and O–H groups in total. The molecule has 1 spiro atoms. The Hall–Kier alpha value is -3.44. The van der Waals surface area contributed by atoms with E-state index in [9.17, 15) is 35.9 Å². The Morgan fingerprint density at radius 1 is 0.743 bits per heavy atom. The first-order valence-electron chi connectivity index (χ1n) is 10.3. The van der Waals surface area contributed by atoms with Crippen molar-refractivity contribution in [1.29, 1.82) is 0 Å². The summed E-state index contributed by atoms with van der Waals surface area (Å²) >= 11 is 0. The van der Waals surface area contributed by atoms with E-state index in [1.54, 1.807) is 0 Å². The van der Waals surface area contributed by atoms with E-state index in [0.29, 0.717) is 0 Å². The van der Waals surface area contributed by atoms with Crippen LogP contribution in [0.15, 0.2) is 58.8 Å². The van der Waals surface area contributed by atoms with Crippen LogP contribution in [0.3, 0.4) is 0 Å². The Morgan fingerprint density at radius 2 is 1.11 bits per heavy atom. The van der Waals surface area contributed by atoms with E-state index in [0.717, 1.165) is 62.8 Å². The predicted molar refractivity (Wildman–Crippen MR) is 107 cm³/mol. The van der Waals surface area contributed by atoms with Crippen LogP contribution in [-0.2, 0) is 37.0 Å². The third kappa shape index (κ3) is 3.94. The Kier molecular flexibility index (Phi) is 5.68. The van der Waals surface area contributed by atoms with Crippen LogP contribution in [0.4, 0.5) is 26.3 Å². The number of carbonyl (C=O) groups is 2. The number of rotatable bonds is 4. The number of nitrogens with zero attached hydrogens (tertiary/aromatic N) is 2. The van der Waals surface area contributed by atoms with Crippen molar-refractivity contribution in [2.75, 3.05) is 14.2 Å². The van der Waals surface area contributed by atoms with Gasteiger partial charge in [0.1, 0.15) is 22.9 Å². The summed E-state index contributed by atoms with van der Waals surface area (Å²) in [5.41, 5.74) is -4.43. The smallest absolute Gasteiger partial charge is 0.416 e. The molecule has 2 aliphatic rings. The lowest BCUT2D eigenvalue weighted by molar-refractivity contribution is -0.148. The highest BCUT2D eigenvalue weighted by molar-refractivity contribution is 5.92. The average molecular weight is 500 g/mol. The van der Waals surface area contributed by atoms with Gasteiger partial charge in [-0.25, -0.2) is 0 Å². The van der Waals surface area contributed by atoms with Gasteiger partial charge in [-0.3, -0.25) is 9.59 Å². The van der Waals surface area contributed by atoms with Crippen LogP contribution in [-0.4, -0.2) is 31.7 Å². The van der Waals surface area contributed by atoms with Crippen molar-refractivity contribution >= 4 is 11.9 Å². The number of azo groups is 1. The number of hydrogen-bond donors (Lipinski definition) is 0. The molecular weight excluding hydrogens is 482 g/mol. The second-order valence-corrected chi connectivity index (χ2v) is 8.38. The van der Waals surface area contributed by atoms with Crippen molar-refractivity contribution in [3.05, 3.63) is 70.8 Å². The van der Waals surface area contributed by atoms with Gasteiger partial charge >= 0.3 is 24.3 Å². The van der Waals surface area contributed by atoms with Crippen LogP contribution in [0.5, 0.6) is 0 Å². The minimum Gasteiger partial charge on any atom is -0.469 e. The van der Waals surface area contributed by atoms with Gasteiger partial charge in [0.15, 0.2) is 0 Å². The van der Waals surface area contributed by atoms with E-state index in [1.165, 1.54) is 0 Å². The minimum absolute atomic E-state index is 0.170. The molecule has 1 saturated carbocycles. The van der Waals surface area contributed by atoms with Crippen molar-refractivity contribution in [2.45, 2.75) is 29.9 Å². The van der Waals surface area contributed by atoms with Crippen molar-refractivity contribution in [2.24, 2.45) is 22.1 Å². The Balaban J connectivity index is 1.82. The molecule has 1 aliphatic heterocycles. The van der Waals surface area contributed by atoms with Crippen molar-refractivity contribution in [3.63, 3.8) is 0 Å². The third-order valence-electron chi connectivity index (χ3n) is 6.54. The summed E-state index contributed by atoms with van der Waals surface area (Å²) in [6, 6.07) is 7.91. The van der Waals surface area contributed by atoms with E-state index >= 15 is 0 Å². The van der Waals surface area contributed by atoms with E-state index in [2.05, 4.69) is 10.2 Å². The summed E-state index contributed by atoms with van der Waals surface area (Å²) in [7, 11) is 2.24. The fourth-order valence-electron chi connectivity index (χ4n) is 4.72. The lowest BCUT2D eigenvalue weighted by Gasteiger charge is -2.27. The van der Waals surface area contributed by atoms with Crippen LogP contribution in [0.25, 0.3) is 0 Å². The molecule has 1 fully saturated rings. The SMILES string of the molecule is COC(=O)[C@H]1[C@H](C(=O)OC)C12CC(c1ccc(C(F)(F)F)cc1)(c1ccc(C(F)(F)F)cc1)N=N2. The molecule has 0 saturated heterocycles. The molecule has 0 amide bonds. The first-order chi connectivity index (χ1) is 16.3. The van der Waals surface area contributed by atoms with Gasteiger partial charge in [0, 0.05) is 6.42 Å². The quantitative estimate of drug-likeness (QED) is 0.430. The molecule has 0 bridgehead atoms. The second kappa shape index (κ2) is 8.06. The highest BCUT2D eigenvalue weighted by Gasteiger charge is 2.78. The highest BCUT2D eigenvalue weighted by atomic mass is 19.4. The molecule has 2 aromatic carbocycles. The number of methoxy groups -OCH3 is 2. The summed E-state index contributed by atoms with van der Waals surface area (Å²) < 4.78 is 88.2. The predicted octanol–water partition coefficient (Wildman–Crippen LogP) is 5.15. The van der Waals surface area contributed by atoms with Gasteiger partial charge in [-0.05, 0) is 35.4 Å². The molecule has 12 heteroatoms. The summed E-state index contributed by atoms with van der Waals surface area (Å²) in [6.07, 6.45) is -9.39. The number of benzene rings is 2. The summed E-state index contributed by atoms with van der Waals surface area (Å²) in [5, 5.41) is 8.50. The molecule has 1 aliphatic carbocycles. The van der Waals surface area contributed by atoms with Crippen molar-refractivity contribution < 1.29 is 45.4 Å². The number of hydrogen-bond acceptors (Lipinski definition) is 6. The fourth-order valence-corrected chi connectivity index (χ4v) is 4.72. The van der Waals surface area contributed by atoms with Gasteiger partial charge in [-0.2, -0.15) is 36.6 Å². The van der Waals surface area contributed by atoms with Gasteiger partial charge in [-0.1, -0.05) is 24.3 Å². The topological polar surface area (TPSA) is 77.3 Å². The zero-order valence-electron chi connectivity index (χ0n) is 18.3. The average Bonchev–Trinajstić information content (AvgIpc) is 3.28. The van der Waals surface area contributed by atoms with Gasteiger partial charge in [-0.15, -0.1) is 0 Å². The van der Waals surface area contributed by atoms with Crippen LogP contribution in [0, 0.1) is 11.8 Å². The fraction of sp³-hybridized carbons (Fsp3) is 0.391. The van der Waals surface area contributed by atoms with E-state index in [1.807, 2.05) is 0 Å². The number of alkyl halides is 6. The van der Waals surface area contributed by atoms with E-state index < -0.39 is 58.3 Å². The molecule has 2 atom stereocenters. The second-order valence-electron chi connectivity index (χ2n) is 8.38. The third-order valence-corrected chi connectivity index (χ3v) is 6.54. The standard InChI is InChI=1S/C23H18F6N2O4/c1-34-18(32)16-17(19(33)35-2)21(16)11-20(30-31-21,12-3-7-14(8-4-12)22(24,25)26)13-5-9-15(10-6-13)23(27,28)29/h3-10,16-17H,11H2,1-2H3/t16-,17-/m1/s1. The molecule has 0 aromatic heterocycles. The minimum atomic E-state index is -4.61. The normalized spacial score (nSPS) is 24.9. The lowest BCUT2D eigenvalue weighted by Crippen LogP contribution is -2.28. The molecule has 0 radical (unpaired) electrons. The monoisotopic (exact) mass is 500 g/mol. The Bertz CT molecular complexity index is 1090. The molecule has 186 valence electrons.